The molecule has 1 aromatic heterocycles. The van der Waals surface area contributed by atoms with Gasteiger partial charge >= 0.3 is 0 Å². The highest BCUT2D eigenvalue weighted by Gasteiger charge is 2.25. The van der Waals surface area contributed by atoms with E-state index in [1.165, 1.54) is 179 Å². The highest BCUT2D eigenvalue weighted by atomic mass is 15.1. The van der Waals surface area contributed by atoms with E-state index in [0.717, 1.165) is 0 Å². The molecule has 2 unspecified atom stereocenters. The number of rotatable bonds is 29. The number of imidazole rings is 1. The molecule has 0 radical (unpaired) electrons. The van der Waals surface area contributed by atoms with Gasteiger partial charge in [0.05, 0.1) is 12.0 Å². The standard InChI is InChI=1S/C36H70N2/c1-5-8-11-13-15-17-19-20-22-24-26-28-31-35(30-27-25-23-21-18-16-14-12-9-6-2)36-37-32-33-38(36)34(4)29-10-7-3/h32-35H,5-31H2,1-4H3/p+1. The Hall–Kier alpha value is -0.790. The van der Waals surface area contributed by atoms with E-state index < -0.39 is 0 Å². The Labute approximate surface area is 240 Å². The summed E-state index contributed by atoms with van der Waals surface area (Å²) in [5, 5.41) is 0. The first-order valence-corrected chi connectivity index (χ1v) is 17.8. The number of aromatic nitrogens is 2. The zero-order chi connectivity index (χ0) is 27.5. The van der Waals surface area contributed by atoms with Crippen LogP contribution in [0.25, 0.3) is 0 Å². The van der Waals surface area contributed by atoms with Crippen molar-refractivity contribution in [2.45, 2.75) is 213 Å². The van der Waals surface area contributed by atoms with Crippen LogP contribution in [0.1, 0.15) is 219 Å². The zero-order valence-corrected chi connectivity index (χ0v) is 26.8. The molecule has 0 aliphatic rings. The minimum atomic E-state index is 0.619. The third kappa shape index (κ3) is 18.5. The van der Waals surface area contributed by atoms with E-state index in [1.54, 1.807) is 0 Å². The molecule has 38 heavy (non-hydrogen) atoms. The van der Waals surface area contributed by atoms with Gasteiger partial charge in [0.15, 0.2) is 0 Å². The second-order valence-corrected chi connectivity index (χ2v) is 12.6. The van der Waals surface area contributed by atoms with Crippen molar-refractivity contribution in [1.29, 1.82) is 0 Å². The predicted octanol–water partition coefficient (Wildman–Crippen LogP) is 12.5. The highest BCUT2D eigenvalue weighted by molar-refractivity contribution is 4.90. The average Bonchev–Trinajstić information content (AvgIpc) is 3.42. The number of unbranched alkanes of at least 4 members (excludes halogenated alkanes) is 21. The maximum absolute atomic E-state index is 3.71. The lowest BCUT2D eigenvalue weighted by Gasteiger charge is -2.17. The molecule has 1 N–H and O–H groups in total. The van der Waals surface area contributed by atoms with Crippen LogP contribution in [0.5, 0.6) is 0 Å². The maximum atomic E-state index is 3.71. The quantitative estimate of drug-likeness (QED) is 0.0783. The fourth-order valence-electron chi connectivity index (χ4n) is 6.24. The molecule has 0 aromatic carbocycles. The second kappa shape index (κ2) is 26.4. The van der Waals surface area contributed by atoms with Crippen molar-refractivity contribution in [1.82, 2.24) is 4.98 Å². The Morgan fingerprint density at radius 3 is 1.26 bits per heavy atom. The van der Waals surface area contributed by atoms with E-state index in [4.69, 9.17) is 0 Å². The lowest BCUT2D eigenvalue weighted by molar-refractivity contribution is -0.727. The summed E-state index contributed by atoms with van der Waals surface area (Å²) in [4.78, 5) is 3.71. The molecular weight excluding hydrogens is 460 g/mol. The largest absolute Gasteiger partial charge is 0.257 e. The van der Waals surface area contributed by atoms with Crippen LogP contribution in [-0.4, -0.2) is 4.98 Å². The van der Waals surface area contributed by atoms with Gasteiger partial charge in [0.2, 0.25) is 0 Å². The monoisotopic (exact) mass is 532 g/mol. The number of nitrogens with one attached hydrogen (secondary N) is 1. The van der Waals surface area contributed by atoms with Gasteiger partial charge in [-0.25, -0.2) is 9.55 Å². The van der Waals surface area contributed by atoms with Crippen LogP contribution in [0.15, 0.2) is 12.4 Å². The van der Waals surface area contributed by atoms with E-state index >= 15 is 0 Å². The average molecular weight is 532 g/mol. The van der Waals surface area contributed by atoms with Gasteiger partial charge in [0.25, 0.3) is 5.82 Å². The molecule has 0 spiro atoms. The second-order valence-electron chi connectivity index (χ2n) is 12.6. The minimum absolute atomic E-state index is 0.619. The molecule has 0 amide bonds. The van der Waals surface area contributed by atoms with Gasteiger partial charge in [-0.3, -0.25) is 0 Å². The number of H-pyrrole nitrogens is 1. The zero-order valence-electron chi connectivity index (χ0n) is 26.8. The molecule has 2 heteroatoms. The summed E-state index contributed by atoms with van der Waals surface area (Å²) in [5.41, 5.74) is 0. The smallest absolute Gasteiger partial charge is 0.247 e. The molecule has 0 saturated carbocycles. The van der Waals surface area contributed by atoms with Crippen LogP contribution in [0.2, 0.25) is 0 Å². The molecule has 1 heterocycles. The van der Waals surface area contributed by atoms with Gasteiger partial charge in [-0.05, 0) is 32.6 Å². The molecule has 0 saturated heterocycles. The number of hydrogen-bond donors (Lipinski definition) is 1. The summed E-state index contributed by atoms with van der Waals surface area (Å²) in [5.74, 6) is 2.24. The molecule has 0 bridgehead atoms. The van der Waals surface area contributed by atoms with E-state index in [2.05, 4.69) is 49.6 Å². The fourth-order valence-corrected chi connectivity index (χ4v) is 6.24. The fraction of sp³-hybridized carbons (Fsp3) is 0.917. The summed E-state index contributed by atoms with van der Waals surface area (Å²) in [6.45, 7) is 9.36. The molecule has 0 fully saturated rings. The van der Waals surface area contributed by atoms with Crippen molar-refractivity contribution in [3.63, 3.8) is 0 Å². The predicted molar refractivity (Wildman–Crippen MR) is 170 cm³/mol. The lowest BCUT2D eigenvalue weighted by atomic mass is 9.92. The maximum Gasteiger partial charge on any atom is 0.257 e. The number of hydrogen-bond acceptors (Lipinski definition) is 0. The Bertz CT molecular complexity index is 592. The first-order valence-electron chi connectivity index (χ1n) is 17.8. The molecular formula is C36H71N2+. The van der Waals surface area contributed by atoms with Crippen LogP contribution in [0.3, 0.4) is 0 Å². The van der Waals surface area contributed by atoms with Crippen LogP contribution >= 0.6 is 0 Å². The van der Waals surface area contributed by atoms with Gasteiger partial charge in [0, 0.05) is 0 Å². The third-order valence-corrected chi connectivity index (χ3v) is 8.89. The molecule has 1 rings (SSSR count). The van der Waals surface area contributed by atoms with Crippen molar-refractivity contribution in [3.05, 3.63) is 18.2 Å². The van der Waals surface area contributed by atoms with Crippen LogP contribution in [0, 0.1) is 0 Å². The van der Waals surface area contributed by atoms with E-state index in [0.29, 0.717) is 12.0 Å². The first kappa shape index (κ1) is 35.2. The Kier molecular flexibility index (Phi) is 24.5. The summed E-state index contributed by atoms with van der Waals surface area (Å²) in [7, 11) is 0. The number of aromatic amines is 1. The van der Waals surface area contributed by atoms with Gasteiger partial charge in [0.1, 0.15) is 12.4 Å². The number of nitrogens with zero attached hydrogens (tertiary/aromatic N) is 1. The lowest BCUT2D eigenvalue weighted by Crippen LogP contribution is -2.41. The van der Waals surface area contributed by atoms with E-state index in [1.807, 2.05) is 0 Å². The van der Waals surface area contributed by atoms with Gasteiger partial charge < -0.3 is 0 Å². The van der Waals surface area contributed by atoms with Crippen molar-refractivity contribution in [2.24, 2.45) is 0 Å². The van der Waals surface area contributed by atoms with Crippen molar-refractivity contribution >= 4 is 0 Å². The van der Waals surface area contributed by atoms with Crippen molar-refractivity contribution < 1.29 is 4.57 Å². The molecule has 2 nitrogen and oxygen atoms in total. The van der Waals surface area contributed by atoms with Crippen molar-refractivity contribution in [3.8, 4) is 0 Å². The van der Waals surface area contributed by atoms with E-state index in [-0.39, 0.29) is 0 Å². The van der Waals surface area contributed by atoms with Crippen LogP contribution in [-0.2, 0) is 0 Å². The van der Waals surface area contributed by atoms with Crippen molar-refractivity contribution in [2.75, 3.05) is 0 Å². The first-order chi connectivity index (χ1) is 18.7. The summed E-state index contributed by atoms with van der Waals surface area (Å²) in [6, 6.07) is 0.619. The topological polar surface area (TPSA) is 19.7 Å². The third-order valence-electron chi connectivity index (χ3n) is 8.89. The van der Waals surface area contributed by atoms with Crippen LogP contribution in [0.4, 0.5) is 0 Å². The molecule has 1 aromatic rings. The van der Waals surface area contributed by atoms with E-state index in [9.17, 15) is 0 Å². The summed E-state index contributed by atoms with van der Waals surface area (Å²) >= 11 is 0. The molecule has 0 aliphatic carbocycles. The Balaban J connectivity index is 2.35. The summed E-state index contributed by atoms with van der Waals surface area (Å²) in [6.07, 6.45) is 42.8. The van der Waals surface area contributed by atoms with Gasteiger partial charge in [-0.15, -0.1) is 0 Å². The van der Waals surface area contributed by atoms with Gasteiger partial charge in [-0.1, -0.05) is 168 Å². The highest BCUT2D eigenvalue weighted by Crippen LogP contribution is 2.27. The molecule has 0 aliphatic heterocycles. The summed E-state index contributed by atoms with van der Waals surface area (Å²) < 4.78 is 2.59. The van der Waals surface area contributed by atoms with Crippen LogP contribution < -0.4 is 4.57 Å². The minimum Gasteiger partial charge on any atom is -0.247 e. The molecule has 224 valence electrons. The van der Waals surface area contributed by atoms with Gasteiger partial charge in [-0.2, -0.15) is 0 Å². The molecule has 2 atom stereocenters. The Morgan fingerprint density at radius 1 is 0.500 bits per heavy atom. The SMILES string of the molecule is CCCCCCCCCCCCCCC(CCCCCCCCCCCC)c1[nH]cc[n+]1C(C)CCCC. The normalized spacial score (nSPS) is 13.3. The Morgan fingerprint density at radius 2 is 0.868 bits per heavy atom.